The van der Waals surface area contributed by atoms with Crippen LogP contribution in [0.25, 0.3) is 0 Å². The first-order valence-electron chi connectivity index (χ1n) is 9.52. The van der Waals surface area contributed by atoms with Crippen molar-refractivity contribution in [2.24, 2.45) is 5.92 Å². The highest BCUT2D eigenvalue weighted by Gasteiger charge is 2.32. The van der Waals surface area contributed by atoms with Crippen molar-refractivity contribution < 1.29 is 17.9 Å². The maximum atomic E-state index is 13.5. The van der Waals surface area contributed by atoms with E-state index in [0.29, 0.717) is 29.8 Å². The number of halogens is 1. The van der Waals surface area contributed by atoms with Gasteiger partial charge in [0.05, 0.1) is 17.7 Å². The lowest BCUT2D eigenvalue weighted by Gasteiger charge is -2.33. The number of hydrogen-bond donors (Lipinski definition) is 0. The summed E-state index contributed by atoms with van der Waals surface area (Å²) in [6.07, 6.45) is 1.98. The summed E-state index contributed by atoms with van der Waals surface area (Å²) in [6.45, 7) is 3.04. The van der Waals surface area contributed by atoms with Crippen LogP contribution in [-0.2, 0) is 14.8 Å². The first kappa shape index (κ1) is 21.5. The van der Waals surface area contributed by atoms with Crippen molar-refractivity contribution in [1.82, 2.24) is 4.90 Å². The van der Waals surface area contributed by atoms with Gasteiger partial charge in [-0.1, -0.05) is 36.7 Å². The molecule has 29 heavy (non-hydrogen) atoms. The van der Waals surface area contributed by atoms with Gasteiger partial charge in [-0.2, -0.15) is 0 Å². The van der Waals surface area contributed by atoms with Crippen LogP contribution in [0.15, 0.2) is 53.4 Å². The summed E-state index contributed by atoms with van der Waals surface area (Å²) in [5.41, 5.74) is 0.238. The Bertz CT molecular complexity index is 966. The molecule has 0 aromatic heterocycles. The van der Waals surface area contributed by atoms with Crippen molar-refractivity contribution in [3.8, 4) is 5.75 Å². The van der Waals surface area contributed by atoms with Gasteiger partial charge in [-0.3, -0.25) is 9.10 Å². The van der Waals surface area contributed by atoms with Crippen LogP contribution in [0.2, 0.25) is 5.02 Å². The first-order valence-corrected chi connectivity index (χ1v) is 11.3. The summed E-state index contributed by atoms with van der Waals surface area (Å²) in [5, 5.41) is 0.355. The highest BCUT2D eigenvalue weighted by Crippen LogP contribution is 2.35. The van der Waals surface area contributed by atoms with E-state index in [4.69, 9.17) is 16.3 Å². The van der Waals surface area contributed by atoms with Crippen LogP contribution < -0.4 is 9.04 Å². The molecule has 1 aliphatic heterocycles. The summed E-state index contributed by atoms with van der Waals surface area (Å²) in [7, 11) is -2.55. The highest BCUT2D eigenvalue weighted by molar-refractivity contribution is 7.92. The number of piperidine rings is 1. The minimum atomic E-state index is -4.00. The van der Waals surface area contributed by atoms with Crippen LogP contribution in [0, 0.1) is 5.92 Å². The van der Waals surface area contributed by atoms with Crippen LogP contribution in [-0.4, -0.2) is 46.0 Å². The number of ether oxygens (including phenoxy) is 1. The molecule has 1 fully saturated rings. The third-order valence-corrected chi connectivity index (χ3v) is 7.04. The van der Waals surface area contributed by atoms with Crippen molar-refractivity contribution in [3.05, 3.63) is 53.6 Å². The average Bonchev–Trinajstić information content (AvgIpc) is 2.72. The van der Waals surface area contributed by atoms with Crippen molar-refractivity contribution in [2.75, 3.05) is 31.0 Å². The number of carbonyl (C=O) groups excluding carboxylic acids is 1. The summed E-state index contributed by atoms with van der Waals surface area (Å²) in [5.74, 6) is 0.486. The van der Waals surface area contributed by atoms with E-state index in [2.05, 4.69) is 6.92 Å². The van der Waals surface area contributed by atoms with Gasteiger partial charge in [-0.25, -0.2) is 8.42 Å². The molecule has 0 bridgehead atoms. The Hall–Kier alpha value is -2.25. The van der Waals surface area contributed by atoms with Gasteiger partial charge in [0.1, 0.15) is 12.3 Å². The average molecular weight is 437 g/mol. The molecule has 3 rings (SSSR count). The standard InChI is InChI=1S/C21H25ClN2O4S/c1-16-7-6-12-23(14-16)21(25)15-24(19-13-17(22)10-11-20(19)28-2)29(26,27)18-8-4-3-5-9-18/h3-5,8-11,13,16H,6-7,12,14-15H2,1-2H3. The molecule has 1 atom stereocenters. The smallest absolute Gasteiger partial charge is 0.264 e. The van der Waals surface area contributed by atoms with Crippen LogP contribution in [0.1, 0.15) is 19.8 Å². The minimum Gasteiger partial charge on any atom is -0.495 e. The fourth-order valence-corrected chi connectivity index (χ4v) is 5.12. The quantitative estimate of drug-likeness (QED) is 0.690. The maximum absolute atomic E-state index is 13.5. The predicted molar refractivity (Wildman–Crippen MR) is 114 cm³/mol. The van der Waals surface area contributed by atoms with E-state index in [9.17, 15) is 13.2 Å². The Balaban J connectivity index is 2.03. The van der Waals surface area contributed by atoms with Gasteiger partial charge in [0.2, 0.25) is 5.91 Å². The molecule has 0 aliphatic carbocycles. The monoisotopic (exact) mass is 436 g/mol. The summed E-state index contributed by atoms with van der Waals surface area (Å²) >= 11 is 6.15. The number of amides is 1. The second-order valence-corrected chi connectivity index (χ2v) is 9.53. The van der Waals surface area contributed by atoms with Crippen molar-refractivity contribution in [3.63, 3.8) is 0 Å². The first-order chi connectivity index (χ1) is 13.8. The van der Waals surface area contributed by atoms with Gasteiger partial charge in [0.15, 0.2) is 0 Å². The van der Waals surface area contributed by atoms with E-state index < -0.39 is 10.0 Å². The molecule has 2 aromatic rings. The molecule has 1 saturated heterocycles. The molecule has 1 unspecified atom stereocenters. The topological polar surface area (TPSA) is 66.9 Å². The lowest BCUT2D eigenvalue weighted by molar-refractivity contribution is -0.131. The summed E-state index contributed by atoms with van der Waals surface area (Å²) in [6, 6.07) is 12.8. The van der Waals surface area contributed by atoms with Gasteiger partial charge in [0, 0.05) is 18.1 Å². The number of hydrogen-bond acceptors (Lipinski definition) is 4. The number of rotatable bonds is 6. The molecule has 0 spiro atoms. The molecule has 1 amide bonds. The van der Waals surface area contributed by atoms with Crippen molar-refractivity contribution in [1.29, 1.82) is 0 Å². The number of likely N-dealkylation sites (tertiary alicyclic amines) is 1. The van der Waals surface area contributed by atoms with Gasteiger partial charge in [0.25, 0.3) is 10.0 Å². The molecule has 0 N–H and O–H groups in total. The summed E-state index contributed by atoms with van der Waals surface area (Å²) in [4.78, 5) is 14.9. The van der Waals surface area contributed by atoms with E-state index in [1.807, 2.05) is 0 Å². The van der Waals surface area contributed by atoms with Crippen molar-refractivity contribution >= 4 is 33.2 Å². The lowest BCUT2D eigenvalue weighted by atomic mass is 10.0. The third kappa shape index (κ3) is 4.85. The number of anilines is 1. The predicted octanol–water partition coefficient (Wildman–Crippen LogP) is 3.80. The lowest BCUT2D eigenvalue weighted by Crippen LogP contribution is -2.46. The van der Waals surface area contributed by atoms with E-state index >= 15 is 0 Å². The second-order valence-electron chi connectivity index (χ2n) is 7.23. The van der Waals surface area contributed by atoms with E-state index in [1.54, 1.807) is 35.2 Å². The molecule has 0 radical (unpaired) electrons. The molecule has 6 nitrogen and oxygen atoms in total. The van der Waals surface area contributed by atoms with E-state index in [0.717, 1.165) is 17.1 Å². The molecule has 1 heterocycles. The Kier molecular flexibility index (Phi) is 6.70. The number of sulfonamides is 1. The Morgan fingerprint density at radius 3 is 2.62 bits per heavy atom. The normalized spacial score (nSPS) is 17.1. The van der Waals surface area contributed by atoms with Crippen LogP contribution in [0.5, 0.6) is 5.75 Å². The molecular formula is C21H25ClN2O4S. The molecule has 156 valence electrons. The molecule has 0 saturated carbocycles. The van der Waals surface area contributed by atoms with Gasteiger partial charge < -0.3 is 9.64 Å². The fraction of sp³-hybridized carbons (Fsp3) is 0.381. The SMILES string of the molecule is COc1ccc(Cl)cc1N(CC(=O)N1CCCC(C)C1)S(=O)(=O)c1ccccc1. The zero-order valence-electron chi connectivity index (χ0n) is 16.5. The van der Waals surface area contributed by atoms with Gasteiger partial charge >= 0.3 is 0 Å². The molecule has 2 aromatic carbocycles. The minimum absolute atomic E-state index is 0.0989. The van der Waals surface area contributed by atoms with Crippen LogP contribution in [0.4, 0.5) is 5.69 Å². The van der Waals surface area contributed by atoms with Gasteiger partial charge in [-0.15, -0.1) is 0 Å². The number of methoxy groups -OCH3 is 1. The fourth-order valence-electron chi connectivity index (χ4n) is 3.52. The Morgan fingerprint density at radius 1 is 1.24 bits per heavy atom. The van der Waals surface area contributed by atoms with Crippen molar-refractivity contribution in [2.45, 2.75) is 24.7 Å². The van der Waals surface area contributed by atoms with Gasteiger partial charge in [-0.05, 0) is 49.1 Å². The second kappa shape index (κ2) is 9.05. The highest BCUT2D eigenvalue weighted by atomic mass is 35.5. The number of carbonyl (C=O) groups is 1. The number of nitrogens with zero attached hydrogens (tertiary/aromatic N) is 2. The summed E-state index contributed by atoms with van der Waals surface area (Å²) < 4.78 is 33.4. The third-order valence-electron chi connectivity index (χ3n) is 5.03. The molecular weight excluding hydrogens is 412 g/mol. The van der Waals surface area contributed by atoms with E-state index in [1.165, 1.54) is 25.3 Å². The van der Waals surface area contributed by atoms with E-state index in [-0.39, 0.29) is 23.0 Å². The Labute approximate surface area is 177 Å². The van der Waals surface area contributed by atoms with Crippen LogP contribution in [0.3, 0.4) is 0 Å². The zero-order chi connectivity index (χ0) is 21.0. The zero-order valence-corrected chi connectivity index (χ0v) is 18.1. The maximum Gasteiger partial charge on any atom is 0.264 e. The molecule has 8 heteroatoms. The van der Waals surface area contributed by atoms with Crippen LogP contribution >= 0.6 is 11.6 Å². The number of benzene rings is 2. The Morgan fingerprint density at radius 2 is 1.97 bits per heavy atom. The molecule has 1 aliphatic rings. The largest absolute Gasteiger partial charge is 0.495 e.